The van der Waals surface area contributed by atoms with Gasteiger partial charge in [0.2, 0.25) is 0 Å². The molecule has 1 aromatic carbocycles. The molecule has 0 spiro atoms. The summed E-state index contributed by atoms with van der Waals surface area (Å²) in [4.78, 5) is 0. The Balaban J connectivity index is 2.86. The van der Waals surface area contributed by atoms with Crippen molar-refractivity contribution in [2.45, 2.75) is 38.8 Å². The lowest BCUT2D eigenvalue weighted by atomic mass is 9.90. The lowest BCUT2D eigenvalue weighted by molar-refractivity contribution is 0.0389. The van der Waals surface area contributed by atoms with Gasteiger partial charge in [0.25, 0.3) is 0 Å². The molecule has 0 aliphatic carbocycles. The monoisotopic (exact) mass is 227 g/mol. The zero-order valence-electron chi connectivity index (χ0n) is 9.42. The lowest BCUT2D eigenvalue weighted by Gasteiger charge is -2.27. The average molecular weight is 228 g/mol. The van der Waals surface area contributed by atoms with Crippen LogP contribution in [0.5, 0.6) is 0 Å². The van der Waals surface area contributed by atoms with Crippen LogP contribution >= 0.6 is 11.6 Å². The lowest BCUT2D eigenvalue weighted by Crippen LogP contribution is -2.45. The van der Waals surface area contributed by atoms with Crippen LogP contribution in [-0.2, 0) is 6.42 Å². The highest BCUT2D eigenvalue weighted by Gasteiger charge is 2.25. The first-order valence-corrected chi connectivity index (χ1v) is 5.44. The second-order valence-electron chi connectivity index (χ2n) is 4.41. The molecule has 0 saturated carbocycles. The molecule has 0 saturated heterocycles. The number of rotatable bonds is 3. The molecule has 3 N–H and O–H groups in total. The highest BCUT2D eigenvalue weighted by molar-refractivity contribution is 6.31. The van der Waals surface area contributed by atoms with Gasteiger partial charge in [-0.3, -0.25) is 0 Å². The summed E-state index contributed by atoms with van der Waals surface area (Å²) in [5, 5.41) is 10.8. The summed E-state index contributed by atoms with van der Waals surface area (Å²) in [6.07, 6.45) is 0.544. The van der Waals surface area contributed by atoms with E-state index in [1.54, 1.807) is 6.92 Å². The van der Waals surface area contributed by atoms with Gasteiger partial charge in [-0.1, -0.05) is 23.7 Å². The van der Waals surface area contributed by atoms with Crippen molar-refractivity contribution in [3.05, 3.63) is 34.3 Å². The third-order valence-corrected chi connectivity index (χ3v) is 3.19. The Labute approximate surface area is 96.1 Å². The molecular formula is C12H18ClNO. The summed E-state index contributed by atoms with van der Waals surface area (Å²) in [7, 11) is 0. The summed E-state index contributed by atoms with van der Waals surface area (Å²) in [5.74, 6) is 0. The highest BCUT2D eigenvalue weighted by atomic mass is 35.5. The number of aryl methyl sites for hydroxylation is 1. The summed E-state index contributed by atoms with van der Waals surface area (Å²) in [5.41, 5.74) is 6.91. The van der Waals surface area contributed by atoms with Crippen molar-refractivity contribution >= 4 is 11.6 Å². The minimum atomic E-state index is -0.875. The maximum Gasteiger partial charge on any atom is 0.0807 e. The molecule has 0 radical (unpaired) electrons. The smallest absolute Gasteiger partial charge is 0.0807 e. The van der Waals surface area contributed by atoms with E-state index in [2.05, 4.69) is 0 Å². The van der Waals surface area contributed by atoms with Gasteiger partial charge < -0.3 is 10.8 Å². The fourth-order valence-electron chi connectivity index (χ4n) is 1.39. The average Bonchev–Trinajstić information content (AvgIpc) is 2.10. The first kappa shape index (κ1) is 12.5. The number of hydrogen-bond acceptors (Lipinski definition) is 2. The van der Waals surface area contributed by atoms with Gasteiger partial charge in [0.15, 0.2) is 0 Å². The summed E-state index contributed by atoms with van der Waals surface area (Å²) < 4.78 is 0. The van der Waals surface area contributed by atoms with E-state index in [9.17, 15) is 5.11 Å². The van der Waals surface area contributed by atoms with E-state index in [4.69, 9.17) is 17.3 Å². The molecule has 84 valence electrons. The molecule has 1 aromatic rings. The Hall–Kier alpha value is -0.570. The van der Waals surface area contributed by atoms with Crippen molar-refractivity contribution < 1.29 is 5.11 Å². The Morgan fingerprint density at radius 1 is 1.53 bits per heavy atom. The molecule has 0 amide bonds. The van der Waals surface area contributed by atoms with Crippen LogP contribution in [0.3, 0.4) is 0 Å². The summed E-state index contributed by atoms with van der Waals surface area (Å²) in [6.45, 7) is 5.51. The van der Waals surface area contributed by atoms with Crippen LogP contribution in [0.1, 0.15) is 25.0 Å². The van der Waals surface area contributed by atoms with Gasteiger partial charge in [0.05, 0.1) is 5.60 Å². The van der Waals surface area contributed by atoms with Gasteiger partial charge in [0, 0.05) is 17.5 Å². The summed E-state index contributed by atoms with van der Waals surface area (Å²) >= 11 is 5.93. The van der Waals surface area contributed by atoms with Crippen LogP contribution in [0.15, 0.2) is 18.2 Å². The Morgan fingerprint density at radius 2 is 2.13 bits per heavy atom. The molecule has 0 bridgehead atoms. The fourth-order valence-corrected chi connectivity index (χ4v) is 1.51. The topological polar surface area (TPSA) is 46.2 Å². The van der Waals surface area contributed by atoms with Crippen molar-refractivity contribution in [3.63, 3.8) is 0 Å². The van der Waals surface area contributed by atoms with Crippen LogP contribution < -0.4 is 5.73 Å². The van der Waals surface area contributed by atoms with E-state index in [1.807, 2.05) is 32.0 Å². The van der Waals surface area contributed by atoms with Crippen molar-refractivity contribution in [2.24, 2.45) is 5.73 Å². The van der Waals surface area contributed by atoms with E-state index in [1.165, 1.54) is 0 Å². The normalized spacial score (nSPS) is 17.2. The third kappa shape index (κ3) is 3.20. The van der Waals surface area contributed by atoms with Crippen LogP contribution in [0, 0.1) is 6.92 Å². The first-order valence-electron chi connectivity index (χ1n) is 5.06. The molecule has 0 fully saturated rings. The molecule has 0 heterocycles. The largest absolute Gasteiger partial charge is 0.388 e. The van der Waals surface area contributed by atoms with Crippen molar-refractivity contribution in [1.82, 2.24) is 0 Å². The molecule has 1 rings (SSSR count). The second-order valence-corrected chi connectivity index (χ2v) is 4.81. The predicted molar refractivity (Wildman–Crippen MR) is 64.2 cm³/mol. The van der Waals surface area contributed by atoms with Gasteiger partial charge >= 0.3 is 0 Å². The molecule has 2 nitrogen and oxygen atoms in total. The molecule has 0 aliphatic rings. The number of halogens is 1. The van der Waals surface area contributed by atoms with Gasteiger partial charge in [-0.2, -0.15) is 0 Å². The van der Waals surface area contributed by atoms with E-state index in [-0.39, 0.29) is 6.04 Å². The van der Waals surface area contributed by atoms with E-state index in [0.717, 1.165) is 16.1 Å². The van der Waals surface area contributed by atoms with Crippen LogP contribution in [0.25, 0.3) is 0 Å². The standard InChI is InChI=1S/C12H18ClNO/c1-8-6-10(4-5-11(8)13)7-12(3,15)9(2)14/h4-6,9,15H,7,14H2,1-3H3. The van der Waals surface area contributed by atoms with E-state index < -0.39 is 5.60 Å². The van der Waals surface area contributed by atoms with Gasteiger partial charge in [-0.15, -0.1) is 0 Å². The van der Waals surface area contributed by atoms with E-state index >= 15 is 0 Å². The molecule has 2 atom stereocenters. The molecule has 3 heteroatoms. The molecule has 15 heavy (non-hydrogen) atoms. The van der Waals surface area contributed by atoms with E-state index in [0.29, 0.717) is 6.42 Å². The van der Waals surface area contributed by atoms with Crippen molar-refractivity contribution in [1.29, 1.82) is 0 Å². The number of benzene rings is 1. The predicted octanol–water partition coefficient (Wildman–Crippen LogP) is 2.29. The zero-order valence-corrected chi connectivity index (χ0v) is 10.2. The Bertz CT molecular complexity index is 347. The first-order chi connectivity index (χ1) is 6.83. The number of aliphatic hydroxyl groups is 1. The minimum Gasteiger partial charge on any atom is -0.388 e. The SMILES string of the molecule is Cc1cc(CC(C)(O)C(C)N)ccc1Cl. The van der Waals surface area contributed by atoms with Gasteiger partial charge in [-0.25, -0.2) is 0 Å². The summed E-state index contributed by atoms with van der Waals surface area (Å²) in [6, 6.07) is 5.50. The highest BCUT2D eigenvalue weighted by Crippen LogP contribution is 2.21. The Kier molecular flexibility index (Phi) is 3.77. The van der Waals surface area contributed by atoms with Gasteiger partial charge in [-0.05, 0) is 38.0 Å². The molecule has 0 aliphatic heterocycles. The van der Waals surface area contributed by atoms with Gasteiger partial charge in [0.1, 0.15) is 0 Å². The Morgan fingerprint density at radius 3 is 2.60 bits per heavy atom. The second kappa shape index (κ2) is 4.52. The van der Waals surface area contributed by atoms with Crippen molar-refractivity contribution in [3.8, 4) is 0 Å². The van der Waals surface area contributed by atoms with Crippen LogP contribution in [-0.4, -0.2) is 16.7 Å². The maximum atomic E-state index is 10.0. The van der Waals surface area contributed by atoms with Crippen LogP contribution in [0.4, 0.5) is 0 Å². The zero-order chi connectivity index (χ0) is 11.6. The maximum absolute atomic E-state index is 10.0. The quantitative estimate of drug-likeness (QED) is 0.833. The number of nitrogens with two attached hydrogens (primary N) is 1. The van der Waals surface area contributed by atoms with Crippen LogP contribution in [0.2, 0.25) is 5.02 Å². The van der Waals surface area contributed by atoms with Crippen molar-refractivity contribution in [2.75, 3.05) is 0 Å². The third-order valence-electron chi connectivity index (χ3n) is 2.77. The minimum absolute atomic E-state index is 0.256. The molecule has 2 unspecified atom stereocenters. The molecule has 0 aromatic heterocycles. The fraction of sp³-hybridized carbons (Fsp3) is 0.500. The molecular weight excluding hydrogens is 210 g/mol. The number of hydrogen-bond donors (Lipinski definition) is 2.